The van der Waals surface area contributed by atoms with Crippen LogP contribution in [0.4, 0.5) is 17.5 Å². The van der Waals surface area contributed by atoms with E-state index < -0.39 is 0 Å². The maximum Gasteiger partial charge on any atom is 0.196 e. The van der Waals surface area contributed by atoms with Crippen molar-refractivity contribution in [2.24, 2.45) is 0 Å². The number of nitrogens with zero attached hydrogens (tertiary/aromatic N) is 4. The van der Waals surface area contributed by atoms with Crippen molar-refractivity contribution in [3.8, 4) is 0 Å². The molecule has 0 saturated carbocycles. The van der Waals surface area contributed by atoms with Crippen molar-refractivity contribution in [2.75, 3.05) is 23.3 Å². The summed E-state index contributed by atoms with van der Waals surface area (Å²) in [7, 11) is 0. The Morgan fingerprint density at radius 2 is 1.94 bits per heavy atom. The second-order valence-electron chi connectivity index (χ2n) is 9.24. The SMILES string of the molecule is CCC(=O)Cc1ccc(Sc2nc(Nc3cc(C)[nH]n3)cc(N3CC(C)(OC(C)C)C3)n2)cc1. The van der Waals surface area contributed by atoms with Crippen LogP contribution in [0.25, 0.3) is 0 Å². The first-order valence-corrected chi connectivity index (χ1v) is 12.4. The number of hydrogen-bond donors (Lipinski definition) is 2. The van der Waals surface area contributed by atoms with Crippen LogP contribution in [0.3, 0.4) is 0 Å². The number of nitrogens with one attached hydrogen (secondary N) is 2. The number of hydrogen-bond acceptors (Lipinski definition) is 8. The molecule has 3 heterocycles. The van der Waals surface area contributed by atoms with E-state index in [-0.39, 0.29) is 17.5 Å². The molecule has 1 aliphatic heterocycles. The number of ether oxygens (including phenoxy) is 1. The van der Waals surface area contributed by atoms with Crippen molar-refractivity contribution >= 4 is 35.0 Å². The van der Waals surface area contributed by atoms with Crippen LogP contribution in [-0.2, 0) is 16.0 Å². The zero-order chi connectivity index (χ0) is 24.3. The van der Waals surface area contributed by atoms with Crippen LogP contribution in [0.5, 0.6) is 0 Å². The molecule has 2 aromatic heterocycles. The molecule has 0 atom stereocenters. The molecule has 0 aliphatic carbocycles. The molecule has 2 N–H and O–H groups in total. The van der Waals surface area contributed by atoms with Gasteiger partial charge < -0.3 is 15.0 Å². The Morgan fingerprint density at radius 1 is 1.21 bits per heavy atom. The molecule has 1 aromatic carbocycles. The van der Waals surface area contributed by atoms with Gasteiger partial charge in [0.25, 0.3) is 0 Å². The Bertz CT molecular complexity index is 1140. The Labute approximate surface area is 204 Å². The van der Waals surface area contributed by atoms with Crippen molar-refractivity contribution in [2.45, 2.75) is 69.2 Å². The van der Waals surface area contributed by atoms with Crippen molar-refractivity contribution in [3.63, 3.8) is 0 Å². The molecule has 34 heavy (non-hydrogen) atoms. The number of Topliss-reactive ketones (excluding diaryl/α,β-unsaturated/α-hetero) is 1. The lowest BCUT2D eigenvalue weighted by Gasteiger charge is -2.49. The first kappa shape index (κ1) is 24.2. The maximum atomic E-state index is 11.7. The highest BCUT2D eigenvalue weighted by atomic mass is 32.2. The number of aromatic nitrogens is 4. The summed E-state index contributed by atoms with van der Waals surface area (Å²) in [5.74, 6) is 2.48. The molecule has 0 bridgehead atoms. The molecule has 0 radical (unpaired) electrons. The van der Waals surface area contributed by atoms with Gasteiger partial charge in [-0.05, 0) is 57.2 Å². The molecule has 9 heteroatoms. The number of aryl methyl sites for hydroxylation is 1. The molecule has 1 fully saturated rings. The number of ketones is 1. The zero-order valence-corrected chi connectivity index (χ0v) is 21.2. The van der Waals surface area contributed by atoms with Gasteiger partial charge in [-0.25, -0.2) is 9.97 Å². The number of carbonyl (C=O) groups excluding carboxylic acids is 1. The zero-order valence-electron chi connectivity index (χ0n) is 20.4. The highest BCUT2D eigenvalue weighted by Gasteiger charge is 2.41. The molecule has 180 valence electrons. The van der Waals surface area contributed by atoms with Crippen LogP contribution in [0.1, 0.15) is 45.4 Å². The molecule has 0 unspecified atom stereocenters. The smallest absolute Gasteiger partial charge is 0.196 e. The number of carbonyl (C=O) groups is 1. The van der Waals surface area contributed by atoms with Crippen LogP contribution in [-0.4, -0.2) is 50.7 Å². The lowest BCUT2D eigenvalue weighted by atomic mass is 9.96. The molecule has 0 amide bonds. The fourth-order valence-electron chi connectivity index (χ4n) is 4.00. The summed E-state index contributed by atoms with van der Waals surface area (Å²) in [6.07, 6.45) is 1.20. The fourth-order valence-corrected chi connectivity index (χ4v) is 4.76. The van der Waals surface area contributed by atoms with Crippen molar-refractivity contribution in [3.05, 3.63) is 47.7 Å². The van der Waals surface area contributed by atoms with Gasteiger partial charge in [0, 0.05) is 48.7 Å². The lowest BCUT2D eigenvalue weighted by Crippen LogP contribution is -2.62. The molecular formula is C25H32N6O2S. The maximum absolute atomic E-state index is 11.7. The van der Waals surface area contributed by atoms with E-state index >= 15 is 0 Å². The first-order chi connectivity index (χ1) is 16.2. The van der Waals surface area contributed by atoms with Gasteiger partial charge in [0.1, 0.15) is 23.0 Å². The molecule has 0 spiro atoms. The Kier molecular flexibility index (Phi) is 7.23. The van der Waals surface area contributed by atoms with Crippen molar-refractivity contribution in [1.82, 2.24) is 20.2 Å². The molecule has 1 aliphatic rings. The second-order valence-corrected chi connectivity index (χ2v) is 10.3. The fraction of sp³-hybridized carbons (Fsp3) is 0.440. The summed E-state index contributed by atoms with van der Waals surface area (Å²) in [5.41, 5.74) is 1.81. The monoisotopic (exact) mass is 480 g/mol. The third-order valence-corrected chi connectivity index (χ3v) is 6.35. The van der Waals surface area contributed by atoms with Gasteiger partial charge >= 0.3 is 0 Å². The second kappa shape index (κ2) is 10.1. The van der Waals surface area contributed by atoms with Gasteiger partial charge in [0.15, 0.2) is 11.0 Å². The number of H-pyrrole nitrogens is 1. The molecular weight excluding hydrogens is 448 g/mol. The van der Waals surface area contributed by atoms with Gasteiger partial charge in [-0.15, -0.1) is 0 Å². The lowest BCUT2D eigenvalue weighted by molar-refractivity contribution is -0.118. The third-order valence-electron chi connectivity index (χ3n) is 5.48. The summed E-state index contributed by atoms with van der Waals surface area (Å²) in [6, 6.07) is 11.9. The average Bonchev–Trinajstić information content (AvgIpc) is 3.17. The van der Waals surface area contributed by atoms with E-state index in [9.17, 15) is 4.79 Å². The summed E-state index contributed by atoms with van der Waals surface area (Å²) in [6.45, 7) is 11.6. The van der Waals surface area contributed by atoms with Crippen LogP contribution in [0.2, 0.25) is 0 Å². The minimum atomic E-state index is -0.176. The molecule has 3 aromatic rings. The van der Waals surface area contributed by atoms with Gasteiger partial charge in [0.05, 0.1) is 6.10 Å². The van der Waals surface area contributed by atoms with Crippen molar-refractivity contribution in [1.29, 1.82) is 0 Å². The van der Waals surface area contributed by atoms with Crippen LogP contribution in [0, 0.1) is 6.92 Å². The Morgan fingerprint density at radius 3 is 2.56 bits per heavy atom. The largest absolute Gasteiger partial charge is 0.369 e. The normalized spacial score (nSPS) is 14.8. The minimum absolute atomic E-state index is 0.176. The Hall–Kier alpha value is -2.91. The van der Waals surface area contributed by atoms with E-state index in [0.29, 0.717) is 29.6 Å². The van der Waals surface area contributed by atoms with E-state index in [2.05, 4.69) is 41.2 Å². The van der Waals surface area contributed by atoms with E-state index in [1.807, 2.05) is 50.2 Å². The quantitative estimate of drug-likeness (QED) is 0.395. The van der Waals surface area contributed by atoms with Crippen molar-refractivity contribution < 1.29 is 9.53 Å². The highest BCUT2D eigenvalue weighted by molar-refractivity contribution is 7.99. The third kappa shape index (κ3) is 6.15. The topological polar surface area (TPSA) is 96.0 Å². The first-order valence-electron chi connectivity index (χ1n) is 11.6. The van der Waals surface area contributed by atoms with Gasteiger partial charge in [-0.2, -0.15) is 5.10 Å². The summed E-state index contributed by atoms with van der Waals surface area (Å²) in [5, 5.41) is 11.1. The number of anilines is 3. The summed E-state index contributed by atoms with van der Waals surface area (Å²) < 4.78 is 6.08. The predicted molar refractivity (Wildman–Crippen MR) is 135 cm³/mol. The summed E-state index contributed by atoms with van der Waals surface area (Å²) >= 11 is 1.49. The summed E-state index contributed by atoms with van der Waals surface area (Å²) in [4.78, 5) is 24.5. The predicted octanol–water partition coefficient (Wildman–Crippen LogP) is 4.93. The van der Waals surface area contributed by atoms with E-state index in [0.717, 1.165) is 35.1 Å². The van der Waals surface area contributed by atoms with E-state index in [1.165, 1.54) is 11.8 Å². The molecule has 8 nitrogen and oxygen atoms in total. The van der Waals surface area contributed by atoms with Gasteiger partial charge in [-0.1, -0.05) is 19.1 Å². The van der Waals surface area contributed by atoms with E-state index in [1.54, 1.807) is 0 Å². The Balaban J connectivity index is 1.54. The van der Waals surface area contributed by atoms with Crippen LogP contribution in [0.15, 0.2) is 46.5 Å². The number of rotatable bonds is 10. The molecule has 1 saturated heterocycles. The van der Waals surface area contributed by atoms with Crippen LogP contribution >= 0.6 is 11.8 Å². The number of benzene rings is 1. The van der Waals surface area contributed by atoms with Gasteiger partial charge in [-0.3, -0.25) is 9.89 Å². The van der Waals surface area contributed by atoms with E-state index in [4.69, 9.17) is 14.7 Å². The minimum Gasteiger partial charge on any atom is -0.369 e. The average molecular weight is 481 g/mol. The highest BCUT2D eigenvalue weighted by Crippen LogP contribution is 2.34. The molecule has 4 rings (SSSR count). The van der Waals surface area contributed by atoms with Gasteiger partial charge in [0.2, 0.25) is 0 Å². The van der Waals surface area contributed by atoms with Crippen LogP contribution < -0.4 is 10.2 Å². The standard InChI is InChI=1S/C25H32N6O2S/c1-6-19(32)12-18-7-9-20(10-8-18)34-24-27-21(26-22-11-17(4)29-30-22)13-23(28-24)31-14-25(5,15-31)33-16(2)3/h7-11,13,16H,6,12,14-15H2,1-5H3,(H2,26,27,28,29,30). The number of aromatic amines is 1.